The Kier molecular flexibility index (Phi) is 7.64. The van der Waals surface area contributed by atoms with E-state index in [9.17, 15) is 9.18 Å². The maximum atomic E-state index is 12.9. The fraction of sp³-hybridized carbons (Fsp3) is 0.182. The van der Waals surface area contributed by atoms with Crippen LogP contribution in [0.25, 0.3) is 11.1 Å². The molecule has 0 aliphatic rings. The maximum absolute atomic E-state index is 12.9. The van der Waals surface area contributed by atoms with Gasteiger partial charge in [-0.3, -0.25) is 9.78 Å². The molecule has 0 saturated carbocycles. The molecule has 1 atom stereocenters. The Morgan fingerprint density at radius 1 is 1.04 bits per heavy atom. The number of carbonyl (C=O) groups is 1. The predicted octanol–water partition coefficient (Wildman–Crippen LogP) is 4.42. The van der Waals surface area contributed by atoms with Crippen LogP contribution in [0.2, 0.25) is 0 Å². The van der Waals surface area contributed by atoms with E-state index in [1.54, 1.807) is 24.5 Å². The summed E-state index contributed by atoms with van der Waals surface area (Å²) in [4.78, 5) is 16.3. The zero-order valence-electron chi connectivity index (χ0n) is 15.5. The molecule has 27 heavy (non-hydrogen) atoms. The summed E-state index contributed by atoms with van der Waals surface area (Å²) < 4.78 is 12.9. The highest BCUT2D eigenvalue weighted by molar-refractivity contribution is 5.95. The highest BCUT2D eigenvalue weighted by Gasteiger charge is 2.14. The second kappa shape index (κ2) is 10.2. The molecule has 1 unspecified atom stereocenters. The van der Waals surface area contributed by atoms with Gasteiger partial charge < -0.3 is 11.1 Å². The van der Waals surface area contributed by atoms with Crippen molar-refractivity contribution >= 4 is 11.6 Å². The first kappa shape index (κ1) is 20.3. The van der Waals surface area contributed by atoms with E-state index in [1.807, 2.05) is 50.2 Å². The topological polar surface area (TPSA) is 68.0 Å². The number of nitrogens with zero attached hydrogens (tertiary/aromatic N) is 1. The summed E-state index contributed by atoms with van der Waals surface area (Å²) >= 11 is 0. The third-order valence-corrected chi connectivity index (χ3v) is 3.85. The van der Waals surface area contributed by atoms with Gasteiger partial charge in [-0.2, -0.15) is 0 Å². The third-order valence-electron chi connectivity index (χ3n) is 3.85. The van der Waals surface area contributed by atoms with Gasteiger partial charge in [0, 0.05) is 18.1 Å². The van der Waals surface area contributed by atoms with Crippen molar-refractivity contribution in [2.24, 2.45) is 5.73 Å². The third kappa shape index (κ3) is 6.01. The summed E-state index contributed by atoms with van der Waals surface area (Å²) in [6.45, 7) is 4.00. The van der Waals surface area contributed by atoms with Crippen LogP contribution in [0.4, 0.5) is 10.1 Å². The maximum Gasteiger partial charge on any atom is 0.241 e. The first-order valence-corrected chi connectivity index (χ1v) is 8.93. The quantitative estimate of drug-likeness (QED) is 0.703. The summed E-state index contributed by atoms with van der Waals surface area (Å²) in [6, 6.07) is 16.6. The second-order valence-electron chi connectivity index (χ2n) is 5.74. The first-order chi connectivity index (χ1) is 13.1. The molecule has 4 nitrogen and oxygen atoms in total. The molecule has 3 rings (SSSR count). The zero-order chi connectivity index (χ0) is 19.6. The summed E-state index contributed by atoms with van der Waals surface area (Å²) in [6.07, 6.45) is 3.79. The predicted molar refractivity (Wildman–Crippen MR) is 108 cm³/mol. The van der Waals surface area contributed by atoms with Gasteiger partial charge in [-0.25, -0.2) is 4.39 Å². The number of nitrogens with two attached hydrogens (primary N) is 1. The van der Waals surface area contributed by atoms with E-state index in [1.165, 1.54) is 12.1 Å². The largest absolute Gasteiger partial charge is 0.325 e. The fourth-order valence-corrected chi connectivity index (χ4v) is 2.52. The summed E-state index contributed by atoms with van der Waals surface area (Å²) in [5.41, 5.74) is 9.45. The van der Waals surface area contributed by atoms with Gasteiger partial charge >= 0.3 is 0 Å². The lowest BCUT2D eigenvalue weighted by Crippen LogP contribution is -2.37. The fourth-order valence-electron chi connectivity index (χ4n) is 2.52. The zero-order valence-corrected chi connectivity index (χ0v) is 15.5. The number of pyridine rings is 1. The van der Waals surface area contributed by atoms with E-state index in [2.05, 4.69) is 10.3 Å². The van der Waals surface area contributed by atoms with Gasteiger partial charge in [-0.1, -0.05) is 38.1 Å². The first-order valence-electron chi connectivity index (χ1n) is 8.93. The molecule has 0 aliphatic heterocycles. The Morgan fingerprint density at radius 2 is 1.70 bits per heavy atom. The lowest BCUT2D eigenvalue weighted by Gasteiger charge is -2.13. The molecule has 2 aromatic carbocycles. The van der Waals surface area contributed by atoms with E-state index in [4.69, 9.17) is 5.73 Å². The average Bonchev–Trinajstić information content (AvgIpc) is 2.72. The van der Waals surface area contributed by atoms with E-state index < -0.39 is 6.04 Å². The minimum absolute atomic E-state index is 0.281. The van der Waals surface area contributed by atoms with Crippen molar-refractivity contribution in [2.75, 3.05) is 5.32 Å². The van der Waals surface area contributed by atoms with Crippen molar-refractivity contribution in [3.8, 4) is 11.1 Å². The van der Waals surface area contributed by atoms with Crippen LogP contribution in [0, 0.1) is 5.82 Å². The number of benzene rings is 2. The van der Waals surface area contributed by atoms with Gasteiger partial charge in [0.2, 0.25) is 5.91 Å². The number of anilines is 1. The van der Waals surface area contributed by atoms with Crippen LogP contribution in [0.3, 0.4) is 0 Å². The Morgan fingerprint density at radius 3 is 2.37 bits per heavy atom. The number of hydrogen-bond acceptors (Lipinski definition) is 3. The molecule has 1 amide bonds. The normalized spacial score (nSPS) is 11.1. The van der Waals surface area contributed by atoms with Gasteiger partial charge in [0.1, 0.15) is 5.82 Å². The van der Waals surface area contributed by atoms with Gasteiger partial charge in [-0.15, -0.1) is 0 Å². The number of amides is 1. The summed E-state index contributed by atoms with van der Waals surface area (Å²) in [7, 11) is 0. The van der Waals surface area contributed by atoms with Crippen molar-refractivity contribution in [3.05, 3.63) is 84.4 Å². The molecular weight excluding hydrogens is 341 g/mol. The Balaban J connectivity index is 0.00000126. The number of halogens is 1. The van der Waals surface area contributed by atoms with Crippen LogP contribution >= 0.6 is 0 Å². The lowest BCUT2D eigenvalue weighted by atomic mass is 10.0. The molecule has 140 valence electrons. The summed E-state index contributed by atoms with van der Waals surface area (Å²) in [5, 5.41) is 2.83. The van der Waals surface area contributed by atoms with Crippen LogP contribution < -0.4 is 11.1 Å². The van der Waals surface area contributed by atoms with Crippen molar-refractivity contribution in [1.82, 2.24) is 4.98 Å². The molecule has 1 heterocycles. The molecule has 1 aromatic heterocycles. The number of hydrogen-bond donors (Lipinski definition) is 2. The minimum atomic E-state index is -0.713. The van der Waals surface area contributed by atoms with E-state index in [-0.39, 0.29) is 11.7 Å². The standard InChI is InChI=1S/C20H18FN3O.C2H6/c21-17-6-4-14(5-7-17)12-19(22)20(25)24-18-3-1-2-16(13-18)15-8-10-23-11-9-15;1-2/h1-11,13,19H,12,22H2,(H,24,25);1-2H3. The van der Waals surface area contributed by atoms with Crippen molar-refractivity contribution in [3.63, 3.8) is 0 Å². The monoisotopic (exact) mass is 365 g/mol. The molecule has 5 heteroatoms. The molecule has 0 fully saturated rings. The number of aromatic nitrogens is 1. The number of rotatable bonds is 5. The molecule has 0 radical (unpaired) electrons. The van der Waals surface area contributed by atoms with Crippen molar-refractivity contribution in [2.45, 2.75) is 26.3 Å². The lowest BCUT2D eigenvalue weighted by molar-refractivity contribution is -0.117. The molecule has 0 bridgehead atoms. The minimum Gasteiger partial charge on any atom is -0.325 e. The van der Waals surface area contributed by atoms with Crippen molar-refractivity contribution < 1.29 is 9.18 Å². The van der Waals surface area contributed by atoms with Gasteiger partial charge in [0.05, 0.1) is 6.04 Å². The molecular formula is C22H24FN3O. The molecule has 0 spiro atoms. The van der Waals surface area contributed by atoms with Crippen molar-refractivity contribution in [1.29, 1.82) is 0 Å². The molecule has 3 N–H and O–H groups in total. The van der Waals surface area contributed by atoms with Crippen LogP contribution in [-0.4, -0.2) is 16.9 Å². The van der Waals surface area contributed by atoms with Gasteiger partial charge in [0.25, 0.3) is 0 Å². The number of carbonyl (C=O) groups excluding carboxylic acids is 1. The van der Waals surface area contributed by atoms with Gasteiger partial charge in [0.15, 0.2) is 0 Å². The molecule has 3 aromatic rings. The van der Waals surface area contributed by atoms with Gasteiger partial charge in [-0.05, 0) is 59.5 Å². The van der Waals surface area contributed by atoms with Crippen LogP contribution in [0.1, 0.15) is 19.4 Å². The Hall–Kier alpha value is -3.05. The van der Waals surface area contributed by atoms with E-state index in [0.29, 0.717) is 12.1 Å². The number of nitrogens with one attached hydrogen (secondary N) is 1. The Bertz CT molecular complexity index is 851. The Labute approximate surface area is 159 Å². The highest BCUT2D eigenvalue weighted by Crippen LogP contribution is 2.22. The second-order valence-corrected chi connectivity index (χ2v) is 5.74. The van der Waals surface area contributed by atoms with Crippen LogP contribution in [0.15, 0.2) is 73.1 Å². The summed E-state index contributed by atoms with van der Waals surface area (Å²) in [5.74, 6) is -0.592. The average molecular weight is 365 g/mol. The molecule has 0 aliphatic carbocycles. The SMILES string of the molecule is CC.NC(Cc1ccc(F)cc1)C(=O)Nc1cccc(-c2ccncc2)c1. The van der Waals surface area contributed by atoms with Crippen LogP contribution in [0.5, 0.6) is 0 Å². The molecule has 0 saturated heterocycles. The highest BCUT2D eigenvalue weighted by atomic mass is 19.1. The smallest absolute Gasteiger partial charge is 0.241 e. The van der Waals surface area contributed by atoms with E-state index in [0.717, 1.165) is 16.7 Å². The van der Waals surface area contributed by atoms with E-state index >= 15 is 0 Å². The van der Waals surface area contributed by atoms with Crippen LogP contribution in [-0.2, 0) is 11.2 Å².